The maximum absolute atomic E-state index is 11.9. The molecule has 7 heteroatoms. The first-order chi connectivity index (χ1) is 9.99. The zero-order valence-corrected chi connectivity index (χ0v) is 14.3. The fourth-order valence-corrected chi connectivity index (χ4v) is 2.29. The average molecular weight is 312 g/mol. The largest absolute Gasteiger partial charge is 0.350 e. The van der Waals surface area contributed by atoms with Gasteiger partial charge in [-0.3, -0.25) is 9.59 Å². The second kappa shape index (κ2) is 6.98. The summed E-state index contributed by atoms with van der Waals surface area (Å²) >= 11 is 0. The third kappa shape index (κ3) is 5.54. The fraction of sp³-hybridized carbons (Fsp3) is 0.800. The molecule has 0 aliphatic carbocycles. The molecule has 0 aromatic carbocycles. The second-order valence-corrected chi connectivity index (χ2v) is 7.12. The number of hydrogen-bond acceptors (Lipinski definition) is 3. The van der Waals surface area contributed by atoms with Crippen LogP contribution in [0.4, 0.5) is 4.79 Å². The van der Waals surface area contributed by atoms with Crippen molar-refractivity contribution >= 4 is 17.8 Å². The van der Waals surface area contributed by atoms with Gasteiger partial charge in [0.2, 0.25) is 11.8 Å². The molecule has 0 unspecified atom stereocenters. The Bertz CT molecular complexity index is 443. The summed E-state index contributed by atoms with van der Waals surface area (Å²) in [6.07, 6.45) is 0.300. The van der Waals surface area contributed by atoms with Crippen LogP contribution in [0.5, 0.6) is 0 Å². The van der Waals surface area contributed by atoms with Crippen molar-refractivity contribution in [2.75, 3.05) is 6.54 Å². The molecule has 0 spiro atoms. The van der Waals surface area contributed by atoms with E-state index >= 15 is 0 Å². The number of amides is 4. The van der Waals surface area contributed by atoms with Crippen molar-refractivity contribution in [2.45, 2.75) is 71.6 Å². The maximum Gasteiger partial charge on any atom is 0.315 e. The van der Waals surface area contributed by atoms with Gasteiger partial charge in [-0.05, 0) is 41.5 Å². The lowest BCUT2D eigenvalue weighted by Gasteiger charge is -2.24. The lowest BCUT2D eigenvalue weighted by atomic mass is 10.1. The molecule has 3 N–H and O–H groups in total. The van der Waals surface area contributed by atoms with Gasteiger partial charge < -0.3 is 20.9 Å². The van der Waals surface area contributed by atoms with Gasteiger partial charge in [-0.15, -0.1) is 0 Å². The number of carbonyl (C=O) groups is 3. The normalized spacial score (nSPS) is 20.0. The lowest BCUT2D eigenvalue weighted by molar-refractivity contribution is -0.129. The van der Waals surface area contributed by atoms with Gasteiger partial charge in [0.25, 0.3) is 0 Å². The number of rotatable bonds is 4. The Morgan fingerprint density at radius 3 is 2.27 bits per heavy atom. The summed E-state index contributed by atoms with van der Waals surface area (Å²) in [4.78, 5) is 37.4. The third-order valence-electron chi connectivity index (χ3n) is 3.36. The highest BCUT2D eigenvalue weighted by molar-refractivity contribution is 5.87. The van der Waals surface area contributed by atoms with Crippen molar-refractivity contribution < 1.29 is 14.4 Å². The minimum absolute atomic E-state index is 0.0406. The van der Waals surface area contributed by atoms with E-state index in [1.807, 2.05) is 34.6 Å². The number of nitrogens with one attached hydrogen (secondary N) is 3. The standard InChI is InChI=1S/C15H28N4O3/c1-9(2)19-8-11(7-12(19)20)17-14(22)16-10(3)13(21)18-15(4,5)6/h9-11H,7-8H2,1-6H3,(H,18,21)(H2,16,17,22)/t10-,11+/m0/s1. The topological polar surface area (TPSA) is 90.5 Å². The summed E-state index contributed by atoms with van der Waals surface area (Å²) in [6, 6.07) is -1.16. The van der Waals surface area contributed by atoms with Gasteiger partial charge in [-0.2, -0.15) is 0 Å². The van der Waals surface area contributed by atoms with Crippen LogP contribution in [0.25, 0.3) is 0 Å². The molecule has 7 nitrogen and oxygen atoms in total. The first-order valence-electron chi connectivity index (χ1n) is 7.68. The zero-order valence-electron chi connectivity index (χ0n) is 14.3. The summed E-state index contributed by atoms with van der Waals surface area (Å²) in [7, 11) is 0. The van der Waals surface area contributed by atoms with Crippen LogP contribution in [-0.2, 0) is 9.59 Å². The summed E-state index contributed by atoms with van der Waals surface area (Å²) in [5, 5.41) is 8.15. The van der Waals surface area contributed by atoms with Crippen molar-refractivity contribution in [3.63, 3.8) is 0 Å². The van der Waals surface area contributed by atoms with Crippen LogP contribution >= 0.6 is 0 Å². The van der Waals surface area contributed by atoms with Gasteiger partial charge in [0.05, 0.1) is 6.04 Å². The van der Waals surface area contributed by atoms with E-state index in [0.29, 0.717) is 13.0 Å². The first kappa shape index (κ1) is 18.3. The Morgan fingerprint density at radius 1 is 1.23 bits per heavy atom. The van der Waals surface area contributed by atoms with Gasteiger partial charge in [0.1, 0.15) is 6.04 Å². The molecule has 0 radical (unpaired) electrons. The molecule has 0 aromatic heterocycles. The third-order valence-corrected chi connectivity index (χ3v) is 3.36. The number of nitrogens with zero attached hydrogens (tertiary/aromatic N) is 1. The molecule has 4 amide bonds. The lowest BCUT2D eigenvalue weighted by Crippen LogP contribution is -2.54. The number of likely N-dealkylation sites (tertiary alicyclic amines) is 1. The fourth-order valence-electron chi connectivity index (χ4n) is 2.29. The Labute approximate surface area is 132 Å². The molecular weight excluding hydrogens is 284 g/mol. The molecule has 0 bridgehead atoms. The molecular formula is C15H28N4O3. The van der Waals surface area contributed by atoms with Crippen LogP contribution < -0.4 is 16.0 Å². The van der Waals surface area contributed by atoms with Crippen LogP contribution in [0, 0.1) is 0 Å². The van der Waals surface area contributed by atoms with Crippen LogP contribution in [0.3, 0.4) is 0 Å². The maximum atomic E-state index is 11.9. The monoisotopic (exact) mass is 312 g/mol. The van der Waals surface area contributed by atoms with E-state index in [1.54, 1.807) is 11.8 Å². The van der Waals surface area contributed by atoms with E-state index in [0.717, 1.165) is 0 Å². The van der Waals surface area contributed by atoms with E-state index in [1.165, 1.54) is 0 Å². The molecule has 1 fully saturated rings. The summed E-state index contributed by atoms with van der Waals surface area (Å²) < 4.78 is 0. The first-order valence-corrected chi connectivity index (χ1v) is 7.68. The van der Waals surface area contributed by atoms with Crippen molar-refractivity contribution in [3.05, 3.63) is 0 Å². The summed E-state index contributed by atoms with van der Waals surface area (Å²) in [5.74, 6) is -0.201. The minimum Gasteiger partial charge on any atom is -0.350 e. The smallest absolute Gasteiger partial charge is 0.315 e. The summed E-state index contributed by atoms with van der Waals surface area (Å²) in [5.41, 5.74) is -0.348. The van der Waals surface area contributed by atoms with Crippen molar-refractivity contribution in [1.82, 2.24) is 20.9 Å². The van der Waals surface area contributed by atoms with Gasteiger partial charge in [0, 0.05) is 24.5 Å². The van der Waals surface area contributed by atoms with Gasteiger partial charge in [-0.25, -0.2) is 4.79 Å². The van der Waals surface area contributed by atoms with Crippen LogP contribution in [0.2, 0.25) is 0 Å². The van der Waals surface area contributed by atoms with Gasteiger partial charge in [0.15, 0.2) is 0 Å². The molecule has 0 saturated carbocycles. The SMILES string of the molecule is CC(C)N1C[C@H](NC(=O)N[C@@H](C)C(=O)NC(C)(C)C)CC1=O. The molecule has 1 heterocycles. The van der Waals surface area contributed by atoms with Gasteiger partial charge >= 0.3 is 6.03 Å². The Balaban J connectivity index is 2.44. The molecule has 1 rings (SSSR count). The van der Waals surface area contributed by atoms with Crippen molar-refractivity contribution in [2.24, 2.45) is 0 Å². The van der Waals surface area contributed by atoms with E-state index < -0.39 is 12.1 Å². The summed E-state index contributed by atoms with van der Waals surface area (Å²) in [6.45, 7) is 11.7. The van der Waals surface area contributed by atoms with Crippen molar-refractivity contribution in [1.29, 1.82) is 0 Å². The Morgan fingerprint density at radius 2 is 1.82 bits per heavy atom. The minimum atomic E-state index is -0.641. The molecule has 22 heavy (non-hydrogen) atoms. The molecule has 1 saturated heterocycles. The molecule has 126 valence electrons. The number of carbonyl (C=O) groups excluding carboxylic acids is 3. The number of urea groups is 1. The predicted octanol–water partition coefficient (Wildman–Crippen LogP) is 0.598. The molecule has 1 aliphatic rings. The predicted molar refractivity (Wildman–Crippen MR) is 84.3 cm³/mol. The zero-order chi connectivity index (χ0) is 17.1. The van der Waals surface area contributed by atoms with Crippen LogP contribution in [0.1, 0.15) is 48.0 Å². The molecule has 1 aliphatic heterocycles. The highest BCUT2D eigenvalue weighted by atomic mass is 16.2. The molecule has 2 atom stereocenters. The quantitative estimate of drug-likeness (QED) is 0.710. The highest BCUT2D eigenvalue weighted by Crippen LogP contribution is 2.14. The van der Waals surface area contributed by atoms with E-state index in [2.05, 4.69) is 16.0 Å². The number of hydrogen-bond donors (Lipinski definition) is 3. The van der Waals surface area contributed by atoms with Crippen LogP contribution in [0.15, 0.2) is 0 Å². The average Bonchev–Trinajstić information content (AvgIpc) is 2.67. The second-order valence-electron chi connectivity index (χ2n) is 7.12. The van der Waals surface area contributed by atoms with Crippen LogP contribution in [-0.4, -0.2) is 53.0 Å². The van der Waals surface area contributed by atoms with Gasteiger partial charge in [-0.1, -0.05) is 0 Å². The van der Waals surface area contributed by atoms with E-state index in [4.69, 9.17) is 0 Å². The van der Waals surface area contributed by atoms with Crippen molar-refractivity contribution in [3.8, 4) is 0 Å². The van der Waals surface area contributed by atoms with E-state index in [9.17, 15) is 14.4 Å². The highest BCUT2D eigenvalue weighted by Gasteiger charge is 2.32. The molecule has 0 aromatic rings. The van der Waals surface area contributed by atoms with E-state index in [-0.39, 0.29) is 29.4 Å². The Hall–Kier alpha value is -1.79. The Kier molecular flexibility index (Phi) is 5.79.